The molecule has 1 aliphatic rings. The number of aromatic nitrogens is 2. The summed E-state index contributed by atoms with van der Waals surface area (Å²) in [5.41, 5.74) is 2.33. The van der Waals surface area contributed by atoms with Crippen molar-refractivity contribution >= 4 is 11.8 Å². The van der Waals surface area contributed by atoms with Crippen LogP contribution in [0.2, 0.25) is 0 Å². The SMILES string of the molecule is [CH2]Sc1ncc(-c2ccccc2)n1CC1CCCO1. The molecule has 2 heterocycles. The Balaban J connectivity index is 1.93. The molecule has 99 valence electrons. The number of thioether (sulfide) groups is 1. The predicted octanol–water partition coefficient (Wildman–Crippen LogP) is 3.61. The quantitative estimate of drug-likeness (QED) is 0.796. The van der Waals surface area contributed by atoms with Gasteiger partial charge in [0.05, 0.1) is 24.5 Å². The van der Waals surface area contributed by atoms with Crippen LogP contribution in [0, 0.1) is 6.26 Å². The van der Waals surface area contributed by atoms with Crippen LogP contribution in [-0.4, -0.2) is 22.3 Å². The zero-order valence-electron chi connectivity index (χ0n) is 10.8. The van der Waals surface area contributed by atoms with Crippen molar-refractivity contribution in [3.05, 3.63) is 42.8 Å². The molecular formula is C15H17N2OS. The van der Waals surface area contributed by atoms with E-state index in [4.69, 9.17) is 4.74 Å². The van der Waals surface area contributed by atoms with Crippen molar-refractivity contribution in [1.29, 1.82) is 0 Å². The molecule has 19 heavy (non-hydrogen) atoms. The van der Waals surface area contributed by atoms with E-state index in [1.165, 1.54) is 17.3 Å². The van der Waals surface area contributed by atoms with Gasteiger partial charge in [-0.3, -0.25) is 0 Å². The van der Waals surface area contributed by atoms with Crippen LogP contribution >= 0.6 is 11.8 Å². The Hall–Kier alpha value is -1.26. The van der Waals surface area contributed by atoms with Gasteiger partial charge in [0.25, 0.3) is 0 Å². The lowest BCUT2D eigenvalue weighted by molar-refractivity contribution is 0.0954. The molecule has 1 saturated heterocycles. The molecular weight excluding hydrogens is 256 g/mol. The smallest absolute Gasteiger partial charge is 0.168 e. The lowest BCUT2D eigenvalue weighted by Gasteiger charge is -2.15. The molecule has 0 saturated carbocycles. The molecule has 3 nitrogen and oxygen atoms in total. The third kappa shape index (κ3) is 2.69. The molecule has 1 atom stereocenters. The first kappa shape index (κ1) is 12.8. The maximum Gasteiger partial charge on any atom is 0.168 e. The van der Waals surface area contributed by atoms with Gasteiger partial charge >= 0.3 is 0 Å². The highest BCUT2D eigenvalue weighted by molar-refractivity contribution is 8.00. The van der Waals surface area contributed by atoms with Crippen LogP contribution in [0.3, 0.4) is 0 Å². The Kier molecular flexibility index (Phi) is 3.89. The van der Waals surface area contributed by atoms with Gasteiger partial charge in [-0.25, -0.2) is 4.98 Å². The number of nitrogens with zero attached hydrogens (tertiary/aromatic N) is 2. The van der Waals surface area contributed by atoms with Gasteiger partial charge in [0, 0.05) is 12.9 Å². The van der Waals surface area contributed by atoms with Gasteiger partial charge in [0.15, 0.2) is 5.16 Å². The summed E-state index contributed by atoms with van der Waals surface area (Å²) in [6, 6.07) is 10.4. The molecule has 3 rings (SSSR count). The predicted molar refractivity (Wildman–Crippen MR) is 77.9 cm³/mol. The molecule has 1 aromatic heterocycles. The van der Waals surface area contributed by atoms with Gasteiger partial charge < -0.3 is 9.30 Å². The maximum atomic E-state index is 5.74. The molecule has 2 aromatic rings. The second-order valence-electron chi connectivity index (χ2n) is 4.68. The molecule has 1 radical (unpaired) electrons. The van der Waals surface area contributed by atoms with E-state index in [1.54, 1.807) is 0 Å². The summed E-state index contributed by atoms with van der Waals surface area (Å²) in [7, 11) is 0. The van der Waals surface area contributed by atoms with Gasteiger partial charge in [-0.15, -0.1) is 0 Å². The third-order valence-electron chi connectivity index (χ3n) is 3.43. The lowest BCUT2D eigenvalue weighted by Crippen LogP contribution is -2.16. The average Bonchev–Trinajstić information content (AvgIpc) is 3.10. The van der Waals surface area contributed by atoms with Gasteiger partial charge in [-0.1, -0.05) is 42.1 Å². The van der Waals surface area contributed by atoms with E-state index in [0.29, 0.717) is 6.10 Å². The van der Waals surface area contributed by atoms with E-state index < -0.39 is 0 Å². The zero-order chi connectivity index (χ0) is 13.1. The van der Waals surface area contributed by atoms with E-state index >= 15 is 0 Å². The molecule has 4 heteroatoms. The Morgan fingerprint density at radius 3 is 2.89 bits per heavy atom. The number of benzene rings is 1. The number of rotatable bonds is 4. The van der Waals surface area contributed by atoms with E-state index in [2.05, 4.69) is 40.1 Å². The maximum absolute atomic E-state index is 5.74. The summed E-state index contributed by atoms with van der Waals surface area (Å²) < 4.78 is 7.96. The van der Waals surface area contributed by atoms with Crippen molar-refractivity contribution in [2.75, 3.05) is 6.61 Å². The second kappa shape index (κ2) is 5.80. The first-order chi connectivity index (χ1) is 9.38. The standard InChI is InChI=1S/C15H17N2OS/c1-19-15-16-10-14(12-6-3-2-4-7-12)17(15)11-13-8-5-9-18-13/h2-4,6-7,10,13H,1,5,8-9,11H2. The van der Waals surface area contributed by atoms with E-state index in [0.717, 1.165) is 36.8 Å². The zero-order valence-corrected chi connectivity index (χ0v) is 11.6. The van der Waals surface area contributed by atoms with Crippen LogP contribution in [0.1, 0.15) is 12.8 Å². The van der Waals surface area contributed by atoms with Crippen molar-refractivity contribution in [2.24, 2.45) is 0 Å². The van der Waals surface area contributed by atoms with E-state index in [9.17, 15) is 0 Å². The highest BCUT2D eigenvalue weighted by Gasteiger charge is 2.20. The second-order valence-corrected chi connectivity index (χ2v) is 5.34. The highest BCUT2D eigenvalue weighted by atomic mass is 32.2. The topological polar surface area (TPSA) is 27.1 Å². The number of hydrogen-bond acceptors (Lipinski definition) is 3. The summed E-state index contributed by atoms with van der Waals surface area (Å²) in [5.74, 6) is 0. The number of imidazole rings is 1. The fraction of sp³-hybridized carbons (Fsp3) is 0.333. The normalized spacial score (nSPS) is 18.9. The van der Waals surface area contributed by atoms with Crippen LogP contribution in [0.25, 0.3) is 11.3 Å². The molecule has 1 aromatic carbocycles. The minimum absolute atomic E-state index is 0.308. The van der Waals surface area contributed by atoms with Crippen LogP contribution in [-0.2, 0) is 11.3 Å². The van der Waals surface area contributed by atoms with Crippen LogP contribution in [0.15, 0.2) is 41.7 Å². The molecule has 0 N–H and O–H groups in total. The van der Waals surface area contributed by atoms with E-state index in [-0.39, 0.29) is 0 Å². The highest BCUT2D eigenvalue weighted by Crippen LogP contribution is 2.27. The fourth-order valence-electron chi connectivity index (χ4n) is 2.48. The number of ether oxygens (including phenoxy) is 1. The van der Waals surface area contributed by atoms with Crippen molar-refractivity contribution in [3.8, 4) is 11.3 Å². The molecule has 1 fully saturated rings. The summed E-state index contributed by atoms with van der Waals surface area (Å²) in [6.07, 6.45) is 8.42. The Labute approximate surface area is 118 Å². The van der Waals surface area contributed by atoms with Crippen molar-refractivity contribution in [2.45, 2.75) is 30.6 Å². The van der Waals surface area contributed by atoms with Crippen molar-refractivity contribution in [3.63, 3.8) is 0 Å². The molecule has 1 aliphatic heterocycles. The summed E-state index contributed by atoms with van der Waals surface area (Å²) in [4.78, 5) is 4.46. The van der Waals surface area contributed by atoms with Gasteiger partial charge in [-0.05, 0) is 18.4 Å². The van der Waals surface area contributed by atoms with Crippen molar-refractivity contribution < 1.29 is 4.74 Å². The Morgan fingerprint density at radius 2 is 2.21 bits per heavy atom. The summed E-state index contributed by atoms with van der Waals surface area (Å²) in [5, 5.41) is 0.953. The van der Waals surface area contributed by atoms with Crippen molar-refractivity contribution in [1.82, 2.24) is 9.55 Å². The van der Waals surface area contributed by atoms with Gasteiger partial charge in [0.1, 0.15) is 0 Å². The van der Waals surface area contributed by atoms with E-state index in [1.807, 2.05) is 12.3 Å². The first-order valence-corrected chi connectivity index (χ1v) is 7.51. The van der Waals surface area contributed by atoms with Gasteiger partial charge in [-0.2, -0.15) is 0 Å². The lowest BCUT2D eigenvalue weighted by atomic mass is 10.1. The Morgan fingerprint density at radius 1 is 1.37 bits per heavy atom. The first-order valence-electron chi connectivity index (χ1n) is 6.53. The van der Waals surface area contributed by atoms with Crippen LogP contribution < -0.4 is 0 Å². The monoisotopic (exact) mass is 273 g/mol. The van der Waals surface area contributed by atoms with Gasteiger partial charge in [0.2, 0.25) is 0 Å². The molecule has 0 amide bonds. The number of hydrogen-bond donors (Lipinski definition) is 0. The molecule has 1 unspecified atom stereocenters. The molecule has 0 aliphatic carbocycles. The minimum atomic E-state index is 0.308. The average molecular weight is 273 g/mol. The third-order valence-corrected chi connectivity index (χ3v) is 4.01. The molecule has 0 bridgehead atoms. The van der Waals surface area contributed by atoms with Crippen LogP contribution in [0.5, 0.6) is 0 Å². The largest absolute Gasteiger partial charge is 0.376 e. The Bertz CT molecular complexity index is 532. The van der Waals surface area contributed by atoms with Crippen LogP contribution in [0.4, 0.5) is 0 Å². The summed E-state index contributed by atoms with van der Waals surface area (Å²) >= 11 is 1.44. The summed E-state index contributed by atoms with van der Waals surface area (Å²) in [6.45, 7) is 1.75. The fourth-order valence-corrected chi connectivity index (χ4v) is 2.94. The minimum Gasteiger partial charge on any atom is -0.376 e. The molecule has 0 spiro atoms.